The highest BCUT2D eigenvalue weighted by atomic mass is 32.1. The van der Waals surface area contributed by atoms with Gasteiger partial charge in [0.05, 0.1) is 5.69 Å². The first-order valence-electron chi connectivity index (χ1n) is 6.04. The van der Waals surface area contributed by atoms with E-state index in [-0.39, 0.29) is 0 Å². The predicted molar refractivity (Wildman–Crippen MR) is 77.3 cm³/mol. The zero-order chi connectivity index (χ0) is 13.2. The molecule has 0 radical (unpaired) electrons. The smallest absolute Gasteiger partial charge is 0.195 e. The van der Waals surface area contributed by atoms with E-state index in [1.165, 1.54) is 0 Å². The largest absolute Gasteiger partial charge is 0.354 e. The van der Waals surface area contributed by atoms with Crippen molar-refractivity contribution in [1.29, 1.82) is 0 Å². The summed E-state index contributed by atoms with van der Waals surface area (Å²) < 4.78 is 2.06. The number of rotatable bonds is 4. The Morgan fingerprint density at radius 2 is 2.37 bits per heavy atom. The Labute approximate surface area is 115 Å². The lowest BCUT2D eigenvalue weighted by molar-refractivity contribution is 0.869. The molecule has 0 atom stereocenters. The molecule has 19 heavy (non-hydrogen) atoms. The summed E-state index contributed by atoms with van der Waals surface area (Å²) in [7, 11) is 2.03. The molecule has 0 bridgehead atoms. The number of fused-ring (bicyclic) bond motifs is 1. The number of nitrogens with zero attached hydrogens (tertiary/aromatic N) is 4. The molecule has 0 saturated heterocycles. The summed E-state index contributed by atoms with van der Waals surface area (Å²) in [5, 5.41) is 2.02. The topological polar surface area (TPSA) is 59.5 Å². The van der Waals surface area contributed by atoms with Crippen LogP contribution in [-0.2, 0) is 13.1 Å². The van der Waals surface area contributed by atoms with E-state index in [0.29, 0.717) is 6.54 Å². The molecule has 5 nitrogen and oxygen atoms in total. The predicted octanol–water partition coefficient (Wildman–Crippen LogP) is 1.89. The number of nitrogens with two attached hydrogens (primary N) is 1. The number of anilines is 1. The summed E-state index contributed by atoms with van der Waals surface area (Å²) >= 11 is 1.62. The summed E-state index contributed by atoms with van der Waals surface area (Å²) in [6.07, 6.45) is 5.66. The van der Waals surface area contributed by atoms with Gasteiger partial charge in [-0.2, -0.15) is 0 Å². The standard InChI is InChI=1S/C13H15N5S/c1-17(9-10-3-2-4-15-8-10)12-11(7-14)18-5-6-19-13(18)16-12/h2-6,8H,7,9,14H2,1H3. The average Bonchev–Trinajstić information content (AvgIpc) is 2.99. The first-order valence-corrected chi connectivity index (χ1v) is 6.92. The number of hydrogen-bond acceptors (Lipinski definition) is 5. The van der Waals surface area contributed by atoms with Crippen molar-refractivity contribution in [1.82, 2.24) is 14.4 Å². The molecule has 0 aliphatic carbocycles. The summed E-state index contributed by atoms with van der Waals surface area (Å²) in [5.41, 5.74) is 8.06. The van der Waals surface area contributed by atoms with Gasteiger partial charge in [-0.15, -0.1) is 11.3 Å². The van der Waals surface area contributed by atoms with Crippen LogP contribution in [0.4, 0.5) is 5.82 Å². The third-order valence-electron chi connectivity index (χ3n) is 3.04. The monoisotopic (exact) mass is 273 g/mol. The molecule has 98 valence electrons. The number of pyridine rings is 1. The van der Waals surface area contributed by atoms with Crippen LogP contribution >= 0.6 is 11.3 Å². The van der Waals surface area contributed by atoms with Gasteiger partial charge in [0.25, 0.3) is 0 Å². The summed E-state index contributed by atoms with van der Waals surface area (Å²) in [4.78, 5) is 11.9. The molecule has 3 aromatic heterocycles. The van der Waals surface area contributed by atoms with Crippen LogP contribution in [-0.4, -0.2) is 21.4 Å². The molecule has 0 amide bonds. The molecule has 0 aromatic carbocycles. The molecule has 0 fully saturated rings. The Morgan fingerprint density at radius 1 is 1.47 bits per heavy atom. The SMILES string of the molecule is CN(Cc1cccnc1)c1nc2sccn2c1CN. The average molecular weight is 273 g/mol. The van der Waals surface area contributed by atoms with Crippen molar-refractivity contribution < 1.29 is 0 Å². The van der Waals surface area contributed by atoms with Gasteiger partial charge in [-0.1, -0.05) is 6.07 Å². The van der Waals surface area contributed by atoms with E-state index < -0.39 is 0 Å². The van der Waals surface area contributed by atoms with Crippen LogP contribution in [0.2, 0.25) is 0 Å². The fourth-order valence-corrected chi connectivity index (χ4v) is 2.88. The van der Waals surface area contributed by atoms with E-state index >= 15 is 0 Å². The van der Waals surface area contributed by atoms with Crippen LogP contribution in [0.15, 0.2) is 36.1 Å². The molecule has 3 heterocycles. The zero-order valence-electron chi connectivity index (χ0n) is 10.7. The van der Waals surface area contributed by atoms with Crippen LogP contribution in [0, 0.1) is 0 Å². The van der Waals surface area contributed by atoms with Crippen molar-refractivity contribution in [2.24, 2.45) is 5.73 Å². The Morgan fingerprint density at radius 3 is 3.11 bits per heavy atom. The molecule has 0 aliphatic rings. The highest BCUT2D eigenvalue weighted by Crippen LogP contribution is 2.24. The molecule has 3 rings (SSSR count). The first kappa shape index (κ1) is 12.1. The van der Waals surface area contributed by atoms with E-state index in [9.17, 15) is 0 Å². The normalized spacial score (nSPS) is 11.1. The first-order chi connectivity index (χ1) is 9.29. The lowest BCUT2D eigenvalue weighted by atomic mass is 10.2. The number of aromatic nitrogens is 3. The molecule has 0 spiro atoms. The van der Waals surface area contributed by atoms with E-state index in [4.69, 9.17) is 5.73 Å². The molecule has 0 saturated carbocycles. The number of hydrogen-bond donors (Lipinski definition) is 1. The number of thiazole rings is 1. The summed E-state index contributed by atoms with van der Waals surface area (Å²) in [6, 6.07) is 4.00. The summed E-state index contributed by atoms with van der Waals surface area (Å²) in [5.74, 6) is 0.943. The quantitative estimate of drug-likeness (QED) is 0.788. The van der Waals surface area contributed by atoms with Gasteiger partial charge in [0.1, 0.15) is 0 Å². The van der Waals surface area contributed by atoms with E-state index in [1.54, 1.807) is 17.5 Å². The van der Waals surface area contributed by atoms with Gasteiger partial charge in [0, 0.05) is 44.1 Å². The molecule has 0 unspecified atom stereocenters. The Balaban J connectivity index is 1.92. The Bertz CT molecular complexity index is 673. The van der Waals surface area contributed by atoms with Gasteiger partial charge < -0.3 is 10.6 Å². The van der Waals surface area contributed by atoms with Gasteiger partial charge in [0.15, 0.2) is 10.8 Å². The van der Waals surface area contributed by atoms with Gasteiger partial charge in [0.2, 0.25) is 0 Å². The van der Waals surface area contributed by atoms with E-state index in [0.717, 1.165) is 28.6 Å². The Kier molecular flexibility index (Phi) is 3.18. The highest BCUT2D eigenvalue weighted by molar-refractivity contribution is 7.15. The highest BCUT2D eigenvalue weighted by Gasteiger charge is 2.15. The second-order valence-corrected chi connectivity index (χ2v) is 5.23. The maximum absolute atomic E-state index is 5.86. The molecular weight excluding hydrogens is 258 g/mol. The molecule has 3 aromatic rings. The van der Waals surface area contributed by atoms with Crippen molar-refractivity contribution in [3.63, 3.8) is 0 Å². The van der Waals surface area contributed by atoms with Crippen molar-refractivity contribution in [2.45, 2.75) is 13.1 Å². The van der Waals surface area contributed by atoms with Crippen molar-refractivity contribution in [3.8, 4) is 0 Å². The second-order valence-electron chi connectivity index (χ2n) is 4.36. The number of imidazole rings is 1. The van der Waals surface area contributed by atoms with Crippen molar-refractivity contribution in [3.05, 3.63) is 47.4 Å². The molecule has 6 heteroatoms. The third-order valence-corrected chi connectivity index (χ3v) is 3.79. The zero-order valence-corrected chi connectivity index (χ0v) is 11.5. The van der Waals surface area contributed by atoms with E-state index in [1.807, 2.05) is 30.9 Å². The minimum atomic E-state index is 0.477. The Hall–Kier alpha value is -1.92. The van der Waals surface area contributed by atoms with Crippen molar-refractivity contribution >= 4 is 22.1 Å². The van der Waals surface area contributed by atoms with Gasteiger partial charge >= 0.3 is 0 Å². The van der Waals surface area contributed by atoms with Gasteiger partial charge in [-0.05, 0) is 11.6 Å². The molecule has 0 aliphatic heterocycles. The third kappa shape index (κ3) is 2.20. The fourth-order valence-electron chi connectivity index (χ4n) is 2.16. The lowest BCUT2D eigenvalue weighted by Gasteiger charge is -2.17. The fraction of sp³-hybridized carbons (Fsp3) is 0.231. The van der Waals surface area contributed by atoms with Crippen LogP contribution in [0.3, 0.4) is 0 Å². The van der Waals surface area contributed by atoms with Crippen LogP contribution in [0.25, 0.3) is 4.96 Å². The minimum absolute atomic E-state index is 0.477. The second kappa shape index (κ2) is 4.99. The van der Waals surface area contributed by atoms with Crippen LogP contribution in [0.1, 0.15) is 11.3 Å². The van der Waals surface area contributed by atoms with Gasteiger partial charge in [-0.25, -0.2) is 4.98 Å². The van der Waals surface area contributed by atoms with Crippen LogP contribution < -0.4 is 10.6 Å². The van der Waals surface area contributed by atoms with Crippen molar-refractivity contribution in [2.75, 3.05) is 11.9 Å². The lowest BCUT2D eigenvalue weighted by Crippen LogP contribution is -2.19. The maximum atomic E-state index is 5.86. The molecule has 2 N–H and O–H groups in total. The summed E-state index contributed by atoms with van der Waals surface area (Å²) in [6.45, 7) is 1.25. The molecular formula is C13H15N5S. The maximum Gasteiger partial charge on any atom is 0.195 e. The minimum Gasteiger partial charge on any atom is -0.354 e. The van der Waals surface area contributed by atoms with Crippen LogP contribution in [0.5, 0.6) is 0 Å². The van der Waals surface area contributed by atoms with E-state index in [2.05, 4.69) is 25.3 Å². The van der Waals surface area contributed by atoms with Gasteiger partial charge in [-0.3, -0.25) is 9.38 Å².